The van der Waals surface area contributed by atoms with E-state index in [1.165, 1.54) is 11.8 Å². The Kier molecular flexibility index (Phi) is 8.05. The fourth-order valence-electron chi connectivity index (χ4n) is 2.25. The first-order valence-corrected chi connectivity index (χ1v) is 7.77. The van der Waals surface area contributed by atoms with Crippen molar-refractivity contribution < 1.29 is 23.9 Å². The van der Waals surface area contributed by atoms with E-state index in [1.54, 1.807) is 24.3 Å². The highest BCUT2D eigenvalue weighted by atomic mass is 18.2. The fraction of sp³-hybridized carbons (Fsp3) is 0.471. The largest absolute Gasteiger partial charge is 0.480 e. The van der Waals surface area contributed by atoms with Crippen LogP contribution in [0.5, 0.6) is 0 Å². The van der Waals surface area contributed by atoms with Gasteiger partial charge in [0.25, 0.3) is 5.91 Å². The Morgan fingerprint density at radius 1 is 1.25 bits per heavy atom. The van der Waals surface area contributed by atoms with E-state index in [4.69, 9.17) is 10.8 Å². The summed E-state index contributed by atoms with van der Waals surface area (Å²) in [6.45, 7) is 1.11. The number of carboxylic acid groups (broad SMARTS) is 1. The number of carbonyl (C=O) groups is 3. The van der Waals surface area contributed by atoms with Gasteiger partial charge in [0.15, 0.2) is 0 Å². The van der Waals surface area contributed by atoms with Crippen molar-refractivity contribution in [2.45, 2.75) is 32.2 Å². The van der Waals surface area contributed by atoms with Crippen LogP contribution in [0.1, 0.15) is 35.7 Å². The molecule has 7 heteroatoms. The van der Waals surface area contributed by atoms with Crippen LogP contribution in [0.2, 0.25) is 0 Å². The Morgan fingerprint density at radius 2 is 1.88 bits per heavy atom. The summed E-state index contributed by atoms with van der Waals surface area (Å²) in [4.78, 5) is 36.0. The van der Waals surface area contributed by atoms with Crippen molar-refractivity contribution in [2.24, 2.45) is 5.73 Å². The monoisotopic (exact) mass is 337 g/mol. The third-order valence-electron chi connectivity index (χ3n) is 3.55. The number of carboxylic acids is 1. The van der Waals surface area contributed by atoms with Crippen LogP contribution in [-0.2, 0) is 16.0 Å². The number of nitrogens with two attached hydrogens (primary N) is 1. The molecule has 3 N–H and O–H groups in total. The van der Waals surface area contributed by atoms with Gasteiger partial charge in [-0.3, -0.25) is 18.8 Å². The summed E-state index contributed by atoms with van der Waals surface area (Å²) in [5.74, 6) is -1.58. The second kappa shape index (κ2) is 9.77. The standard InChI is InChI=1S/C17H23FN2O4/c1-12(21)11-20(10-2-3-15(19)17(23)24)16(22)14-6-4-13(5-7-14)8-9-18/h4-7,15H,2-3,8-11,19H2,1H3,(H,23,24)/t15-/m0/s1/i18-1. The topological polar surface area (TPSA) is 101 Å². The Balaban J connectivity index is 2.73. The van der Waals surface area contributed by atoms with Gasteiger partial charge in [0.05, 0.1) is 13.2 Å². The molecular formula is C17H23FN2O4. The van der Waals surface area contributed by atoms with Crippen molar-refractivity contribution in [1.29, 1.82) is 0 Å². The summed E-state index contributed by atoms with van der Waals surface area (Å²) < 4.78 is 12.3. The highest BCUT2D eigenvalue weighted by Gasteiger charge is 2.18. The summed E-state index contributed by atoms with van der Waals surface area (Å²) in [6, 6.07) is 5.57. The molecule has 6 nitrogen and oxygen atoms in total. The molecule has 0 spiro atoms. The number of hydrogen-bond donors (Lipinski definition) is 2. The molecule has 0 fully saturated rings. The van der Waals surface area contributed by atoms with Crippen molar-refractivity contribution in [3.63, 3.8) is 0 Å². The highest BCUT2D eigenvalue weighted by molar-refractivity contribution is 5.96. The molecule has 0 radical (unpaired) electrons. The first-order chi connectivity index (χ1) is 11.3. The van der Waals surface area contributed by atoms with Gasteiger partial charge < -0.3 is 15.7 Å². The van der Waals surface area contributed by atoms with Crippen molar-refractivity contribution in [3.8, 4) is 0 Å². The van der Waals surface area contributed by atoms with Crippen molar-refractivity contribution in [2.75, 3.05) is 19.8 Å². The number of carbonyl (C=O) groups excluding carboxylic acids is 2. The van der Waals surface area contributed by atoms with E-state index in [2.05, 4.69) is 0 Å². The first-order valence-electron chi connectivity index (χ1n) is 7.77. The number of nitrogens with zero attached hydrogens (tertiary/aromatic N) is 1. The number of halogens is 1. The fourth-order valence-corrected chi connectivity index (χ4v) is 2.25. The predicted molar refractivity (Wildman–Crippen MR) is 87.6 cm³/mol. The van der Waals surface area contributed by atoms with Gasteiger partial charge >= 0.3 is 5.97 Å². The number of rotatable bonds is 10. The van der Waals surface area contributed by atoms with Gasteiger partial charge in [0, 0.05) is 18.5 Å². The van der Waals surface area contributed by atoms with E-state index < -0.39 is 18.7 Å². The quantitative estimate of drug-likeness (QED) is 0.672. The lowest BCUT2D eigenvalue weighted by molar-refractivity contribution is -0.138. The highest BCUT2D eigenvalue weighted by Crippen LogP contribution is 2.10. The Labute approximate surface area is 140 Å². The maximum atomic E-state index is 12.5. The second-order valence-corrected chi connectivity index (χ2v) is 5.65. The maximum absolute atomic E-state index is 12.5. The van der Waals surface area contributed by atoms with Gasteiger partial charge in [-0.15, -0.1) is 0 Å². The number of aliphatic carboxylic acids is 1. The minimum atomic E-state index is -1.09. The van der Waals surface area contributed by atoms with Crippen LogP contribution in [0, 0.1) is 0 Å². The summed E-state index contributed by atoms with van der Waals surface area (Å²) in [5.41, 5.74) is 6.63. The van der Waals surface area contributed by atoms with Gasteiger partial charge in [-0.25, -0.2) is 0 Å². The number of amides is 1. The van der Waals surface area contributed by atoms with Crippen molar-refractivity contribution in [3.05, 3.63) is 35.4 Å². The van der Waals surface area contributed by atoms with Crippen LogP contribution in [0.25, 0.3) is 0 Å². The van der Waals surface area contributed by atoms with E-state index in [1.807, 2.05) is 0 Å². The zero-order chi connectivity index (χ0) is 18.1. The molecule has 0 heterocycles. The van der Waals surface area contributed by atoms with E-state index >= 15 is 0 Å². The number of aryl methyl sites for hydroxylation is 1. The van der Waals surface area contributed by atoms with E-state index in [9.17, 15) is 18.8 Å². The molecule has 0 unspecified atom stereocenters. The minimum absolute atomic E-state index is 0.0482. The van der Waals surface area contributed by atoms with E-state index in [0.29, 0.717) is 18.4 Å². The Bertz CT molecular complexity index is 574. The van der Waals surface area contributed by atoms with E-state index in [0.717, 1.165) is 5.56 Å². The molecule has 1 atom stereocenters. The zero-order valence-corrected chi connectivity index (χ0v) is 13.7. The first kappa shape index (κ1) is 19.8. The molecule has 1 amide bonds. The van der Waals surface area contributed by atoms with Crippen molar-refractivity contribution >= 4 is 17.7 Å². The summed E-state index contributed by atoms with van der Waals surface area (Å²) in [6.07, 6.45) is 0.886. The molecule has 0 saturated carbocycles. The molecule has 0 aliphatic carbocycles. The third-order valence-corrected chi connectivity index (χ3v) is 3.55. The number of hydrogen-bond acceptors (Lipinski definition) is 4. The lowest BCUT2D eigenvalue weighted by Gasteiger charge is -2.22. The second-order valence-electron chi connectivity index (χ2n) is 5.65. The predicted octanol–water partition coefficient (Wildman–Crippen LogP) is 1.42. The van der Waals surface area contributed by atoms with Crippen LogP contribution in [0.3, 0.4) is 0 Å². The smallest absolute Gasteiger partial charge is 0.320 e. The molecule has 0 saturated heterocycles. The van der Waals surface area contributed by atoms with Crippen LogP contribution >= 0.6 is 0 Å². The summed E-state index contributed by atoms with van der Waals surface area (Å²) >= 11 is 0. The molecule has 1 aromatic carbocycles. The summed E-state index contributed by atoms with van der Waals surface area (Å²) in [7, 11) is 0. The SMILES string of the molecule is CC(=O)CN(CCC[C@H](N)C(=O)O)C(=O)c1ccc(CC[18F])cc1. The number of Topliss-reactive ketones (excluding diaryl/α,β-unsaturated/α-hetero) is 1. The van der Waals surface area contributed by atoms with E-state index in [-0.39, 0.29) is 31.2 Å². The average molecular weight is 337 g/mol. The number of alkyl halides is 1. The minimum Gasteiger partial charge on any atom is -0.480 e. The van der Waals surface area contributed by atoms with Gasteiger partial charge in [0.2, 0.25) is 0 Å². The molecule has 132 valence electrons. The molecule has 0 aliphatic rings. The zero-order valence-electron chi connectivity index (χ0n) is 13.7. The maximum Gasteiger partial charge on any atom is 0.320 e. The third kappa shape index (κ3) is 6.45. The average Bonchev–Trinajstić information content (AvgIpc) is 2.53. The molecule has 24 heavy (non-hydrogen) atoms. The van der Waals surface area contributed by atoms with Crippen LogP contribution < -0.4 is 5.73 Å². The van der Waals surface area contributed by atoms with Gasteiger partial charge in [0.1, 0.15) is 11.8 Å². The summed E-state index contributed by atoms with van der Waals surface area (Å²) in [5, 5.41) is 8.76. The van der Waals surface area contributed by atoms with Gasteiger partial charge in [-0.2, -0.15) is 0 Å². The molecule has 0 aromatic heterocycles. The Morgan fingerprint density at radius 3 is 2.38 bits per heavy atom. The van der Waals surface area contributed by atoms with Crippen LogP contribution in [-0.4, -0.2) is 53.5 Å². The van der Waals surface area contributed by atoms with Gasteiger partial charge in [-0.05, 0) is 37.5 Å². The molecule has 1 aromatic rings. The molecule has 0 aliphatic heterocycles. The van der Waals surface area contributed by atoms with Crippen LogP contribution in [0.15, 0.2) is 24.3 Å². The molecule has 1 rings (SSSR count). The van der Waals surface area contributed by atoms with Gasteiger partial charge in [-0.1, -0.05) is 12.1 Å². The number of ketones is 1. The molecular weight excluding hydrogens is 314 g/mol. The van der Waals surface area contributed by atoms with Crippen molar-refractivity contribution in [1.82, 2.24) is 4.90 Å². The molecule has 0 bridgehead atoms. The van der Waals surface area contributed by atoms with Crippen LogP contribution in [0.4, 0.5) is 4.39 Å². The number of benzene rings is 1. The normalized spacial score (nSPS) is 11.8. The lowest BCUT2D eigenvalue weighted by atomic mass is 10.1. The lowest BCUT2D eigenvalue weighted by Crippen LogP contribution is -2.37. The Hall–Kier alpha value is -2.28.